The highest BCUT2D eigenvalue weighted by Crippen LogP contribution is 2.41. The fourth-order valence-electron chi connectivity index (χ4n) is 4.97. The molecule has 0 radical (unpaired) electrons. The van der Waals surface area contributed by atoms with Gasteiger partial charge in [-0.3, -0.25) is 0 Å². The molecule has 5 heterocycles. The molecule has 0 bridgehead atoms. The molecule has 2 aromatic rings. The van der Waals surface area contributed by atoms with Crippen LogP contribution in [0.2, 0.25) is 0 Å². The van der Waals surface area contributed by atoms with Crippen LogP contribution in [-0.2, 0) is 15.9 Å². The number of carbonyl (C=O) groups excluding carboxylic acids is 1. The number of fused-ring (bicyclic) bond motifs is 1. The van der Waals surface area contributed by atoms with E-state index in [2.05, 4.69) is 26.7 Å². The van der Waals surface area contributed by atoms with Crippen LogP contribution in [0.3, 0.4) is 0 Å². The molecule has 1 amide bonds. The Morgan fingerprint density at radius 1 is 1.15 bits per heavy atom. The number of amides is 1. The first-order chi connectivity index (χ1) is 16.3. The van der Waals surface area contributed by atoms with Crippen molar-refractivity contribution in [1.82, 2.24) is 24.8 Å². The van der Waals surface area contributed by atoms with Gasteiger partial charge in [0.05, 0.1) is 30.6 Å². The maximum absolute atomic E-state index is 12.5. The third kappa shape index (κ3) is 4.20. The van der Waals surface area contributed by atoms with Crippen molar-refractivity contribution in [3.05, 3.63) is 18.0 Å². The summed E-state index contributed by atoms with van der Waals surface area (Å²) in [5.74, 6) is 1.83. The Balaban J connectivity index is 1.51. The van der Waals surface area contributed by atoms with Crippen molar-refractivity contribution in [2.24, 2.45) is 0 Å². The zero-order valence-corrected chi connectivity index (χ0v) is 20.0. The molecule has 2 saturated heterocycles. The number of nitrogens with two attached hydrogens (primary N) is 1. The summed E-state index contributed by atoms with van der Waals surface area (Å²) in [4.78, 5) is 37.2. The summed E-state index contributed by atoms with van der Waals surface area (Å²) >= 11 is 0. The lowest BCUT2D eigenvalue weighted by Gasteiger charge is -2.37. The summed E-state index contributed by atoms with van der Waals surface area (Å²) in [6.07, 6.45) is 4.70. The van der Waals surface area contributed by atoms with Crippen LogP contribution < -0.4 is 15.5 Å². The number of hydrogen-bond donors (Lipinski definition) is 1. The Kier molecular flexibility index (Phi) is 5.88. The van der Waals surface area contributed by atoms with Gasteiger partial charge in [-0.25, -0.2) is 19.7 Å². The molecule has 0 spiro atoms. The number of carbonyl (C=O) groups is 1. The second-order valence-corrected chi connectivity index (χ2v) is 9.61. The number of nitrogens with zero attached hydrogens (tertiary/aromatic N) is 7. The van der Waals surface area contributed by atoms with Crippen molar-refractivity contribution in [2.75, 3.05) is 61.5 Å². The number of aromatic nitrogens is 4. The molecular formula is C23H32N8O3. The lowest BCUT2D eigenvalue weighted by atomic mass is 9.99. The molecule has 11 heteroatoms. The monoisotopic (exact) mass is 468 g/mol. The van der Waals surface area contributed by atoms with Crippen molar-refractivity contribution >= 4 is 23.8 Å². The molecule has 0 saturated carbocycles. The van der Waals surface area contributed by atoms with Crippen LogP contribution in [0, 0.1) is 0 Å². The summed E-state index contributed by atoms with van der Waals surface area (Å²) in [6.45, 7) is 10.8. The highest BCUT2D eigenvalue weighted by atomic mass is 16.6. The first kappa shape index (κ1) is 22.6. The van der Waals surface area contributed by atoms with Gasteiger partial charge >= 0.3 is 6.09 Å². The molecule has 2 aromatic heterocycles. The standard InChI is InChI=1S/C23H32N8O3/c1-15(2)34-22(32)30-7-5-23(3,14-30)31-6-4-17-18(16-12-25-20(24)26-13-16)27-21(28-19(17)31)29-8-10-33-11-9-29/h12-13,15H,4-11,14H2,1-3H3,(H2,24,25,26)/t23-/m1/s1. The van der Waals surface area contributed by atoms with Crippen molar-refractivity contribution in [3.63, 3.8) is 0 Å². The maximum atomic E-state index is 12.5. The molecule has 1 atom stereocenters. The second-order valence-electron chi connectivity index (χ2n) is 9.61. The molecule has 34 heavy (non-hydrogen) atoms. The molecule has 5 rings (SSSR count). The Morgan fingerprint density at radius 3 is 2.59 bits per heavy atom. The third-order valence-corrected chi connectivity index (χ3v) is 6.75. The van der Waals surface area contributed by atoms with Crippen molar-refractivity contribution in [2.45, 2.75) is 45.3 Å². The highest BCUT2D eigenvalue weighted by molar-refractivity contribution is 5.74. The van der Waals surface area contributed by atoms with Gasteiger partial charge in [0.25, 0.3) is 0 Å². The second kappa shape index (κ2) is 8.86. The lowest BCUT2D eigenvalue weighted by Crippen LogP contribution is -2.49. The first-order valence-corrected chi connectivity index (χ1v) is 11.9. The zero-order valence-electron chi connectivity index (χ0n) is 20.0. The van der Waals surface area contributed by atoms with Crippen molar-refractivity contribution < 1.29 is 14.3 Å². The summed E-state index contributed by atoms with van der Waals surface area (Å²) in [7, 11) is 0. The number of morpholine rings is 1. The van der Waals surface area contributed by atoms with E-state index in [0.29, 0.717) is 32.3 Å². The van der Waals surface area contributed by atoms with Crippen LogP contribution >= 0.6 is 0 Å². The largest absolute Gasteiger partial charge is 0.447 e. The zero-order chi connectivity index (χ0) is 23.9. The van der Waals surface area contributed by atoms with E-state index in [4.69, 9.17) is 25.2 Å². The van der Waals surface area contributed by atoms with E-state index >= 15 is 0 Å². The summed E-state index contributed by atoms with van der Waals surface area (Å²) in [5.41, 5.74) is 8.22. The van der Waals surface area contributed by atoms with Crippen molar-refractivity contribution in [1.29, 1.82) is 0 Å². The lowest BCUT2D eigenvalue weighted by molar-refractivity contribution is 0.0821. The van der Waals surface area contributed by atoms with Crippen LogP contribution in [0.25, 0.3) is 11.3 Å². The number of hydrogen-bond acceptors (Lipinski definition) is 10. The predicted octanol–water partition coefficient (Wildman–Crippen LogP) is 1.72. The van der Waals surface area contributed by atoms with E-state index in [9.17, 15) is 4.79 Å². The van der Waals surface area contributed by atoms with E-state index in [0.717, 1.165) is 55.1 Å². The van der Waals surface area contributed by atoms with Gasteiger partial charge < -0.3 is 29.9 Å². The molecule has 182 valence electrons. The van der Waals surface area contributed by atoms with Crippen molar-refractivity contribution in [3.8, 4) is 11.3 Å². The van der Waals surface area contributed by atoms with Crippen LogP contribution in [0.1, 0.15) is 32.8 Å². The van der Waals surface area contributed by atoms with Gasteiger partial charge in [0, 0.05) is 56.2 Å². The topological polar surface area (TPSA) is 123 Å². The van der Waals surface area contributed by atoms with Crippen LogP contribution in [-0.4, -0.2) is 88.5 Å². The maximum Gasteiger partial charge on any atom is 0.410 e. The fraction of sp³-hybridized carbons (Fsp3) is 0.609. The minimum atomic E-state index is -0.255. The first-order valence-electron chi connectivity index (χ1n) is 11.9. The highest BCUT2D eigenvalue weighted by Gasteiger charge is 2.45. The van der Waals surface area contributed by atoms with Crippen LogP contribution in [0.15, 0.2) is 12.4 Å². The Bertz CT molecular complexity index is 1060. The summed E-state index contributed by atoms with van der Waals surface area (Å²) in [5, 5.41) is 0. The average Bonchev–Trinajstić information content (AvgIpc) is 3.44. The smallest absolute Gasteiger partial charge is 0.410 e. The van der Waals surface area contributed by atoms with E-state index in [-0.39, 0.29) is 23.7 Å². The van der Waals surface area contributed by atoms with E-state index in [1.165, 1.54) is 0 Å². The Hall–Kier alpha value is -3.21. The van der Waals surface area contributed by atoms with E-state index < -0.39 is 0 Å². The molecule has 11 nitrogen and oxygen atoms in total. The third-order valence-electron chi connectivity index (χ3n) is 6.75. The van der Waals surface area contributed by atoms with E-state index in [1.54, 1.807) is 17.3 Å². The normalized spacial score (nSPS) is 22.4. The number of likely N-dealkylation sites (tertiary alicyclic amines) is 1. The van der Waals surface area contributed by atoms with Crippen LogP contribution in [0.5, 0.6) is 0 Å². The quantitative estimate of drug-likeness (QED) is 0.709. The molecule has 0 aliphatic carbocycles. The molecule has 0 unspecified atom stereocenters. The molecule has 0 aromatic carbocycles. The summed E-state index contributed by atoms with van der Waals surface area (Å²) < 4.78 is 11.0. The predicted molar refractivity (Wildman–Crippen MR) is 128 cm³/mol. The number of anilines is 3. The van der Waals surface area contributed by atoms with Gasteiger partial charge in [0.15, 0.2) is 0 Å². The fourth-order valence-corrected chi connectivity index (χ4v) is 4.97. The van der Waals surface area contributed by atoms with Gasteiger partial charge in [0.1, 0.15) is 5.82 Å². The number of ether oxygens (including phenoxy) is 2. The Morgan fingerprint density at radius 2 is 1.88 bits per heavy atom. The molecule has 3 aliphatic rings. The molecular weight excluding hydrogens is 436 g/mol. The average molecular weight is 469 g/mol. The minimum absolute atomic E-state index is 0.139. The molecule has 3 aliphatic heterocycles. The summed E-state index contributed by atoms with van der Waals surface area (Å²) in [6, 6.07) is 0. The number of nitrogen functional groups attached to an aromatic ring is 1. The number of rotatable bonds is 4. The van der Waals surface area contributed by atoms with Gasteiger partial charge in [-0.2, -0.15) is 4.98 Å². The Labute approximate surface area is 199 Å². The van der Waals surface area contributed by atoms with Gasteiger partial charge in [-0.05, 0) is 33.6 Å². The molecule has 2 N–H and O–H groups in total. The van der Waals surface area contributed by atoms with E-state index in [1.807, 2.05) is 13.8 Å². The van der Waals surface area contributed by atoms with Gasteiger partial charge in [-0.15, -0.1) is 0 Å². The van der Waals surface area contributed by atoms with Gasteiger partial charge in [-0.1, -0.05) is 0 Å². The molecule has 2 fully saturated rings. The van der Waals surface area contributed by atoms with Gasteiger partial charge in [0.2, 0.25) is 11.9 Å². The SMILES string of the molecule is CC(C)OC(=O)N1CC[C@@](C)(N2CCc3c(-c4cnc(N)nc4)nc(N4CCOCC4)nc32)C1. The minimum Gasteiger partial charge on any atom is -0.447 e. The van der Waals surface area contributed by atoms with Crippen LogP contribution in [0.4, 0.5) is 22.5 Å².